The molecule has 0 aliphatic heterocycles. The van der Waals surface area contributed by atoms with E-state index < -0.39 is 20.7 Å². The fourth-order valence-corrected chi connectivity index (χ4v) is 4.43. The van der Waals surface area contributed by atoms with E-state index in [1.54, 1.807) is 24.3 Å². The second-order valence-corrected chi connectivity index (χ2v) is 8.22. The normalized spacial score (nSPS) is 11.6. The number of ether oxygens (including phenoxy) is 1. The number of fused-ring (bicyclic) bond motifs is 1. The number of sulfonamides is 1. The van der Waals surface area contributed by atoms with E-state index in [1.807, 2.05) is 22.2 Å². The van der Waals surface area contributed by atoms with E-state index in [-0.39, 0.29) is 5.75 Å². The van der Waals surface area contributed by atoms with Crippen LogP contribution in [0.25, 0.3) is 16.2 Å². The lowest BCUT2D eigenvalue weighted by molar-refractivity contribution is 0.410. The summed E-state index contributed by atoms with van der Waals surface area (Å²) >= 11 is 1.53. The van der Waals surface area contributed by atoms with Crippen molar-refractivity contribution in [2.24, 2.45) is 0 Å². The summed E-state index contributed by atoms with van der Waals surface area (Å²) < 4.78 is 48.2. The second-order valence-electron chi connectivity index (χ2n) is 5.70. The monoisotopic (exact) mass is 403 g/mol. The van der Waals surface area contributed by atoms with Crippen LogP contribution >= 0.6 is 11.3 Å². The number of halogens is 1. The SMILES string of the molecule is COc1ccc(S(=O)(=O)Nc2ccc(-c3cn4ccsc4n3)cc2)c(F)c1. The Morgan fingerprint density at radius 3 is 2.63 bits per heavy atom. The van der Waals surface area contributed by atoms with Gasteiger partial charge in [0.2, 0.25) is 0 Å². The Morgan fingerprint density at radius 1 is 1.19 bits per heavy atom. The van der Waals surface area contributed by atoms with Gasteiger partial charge >= 0.3 is 0 Å². The van der Waals surface area contributed by atoms with Crippen LogP contribution in [0.4, 0.5) is 10.1 Å². The molecule has 2 aromatic carbocycles. The Bertz CT molecular complexity index is 1190. The van der Waals surface area contributed by atoms with E-state index in [4.69, 9.17) is 4.74 Å². The molecule has 0 unspecified atom stereocenters. The molecule has 0 radical (unpaired) electrons. The van der Waals surface area contributed by atoms with Crippen molar-refractivity contribution in [1.29, 1.82) is 0 Å². The summed E-state index contributed by atoms with van der Waals surface area (Å²) in [6, 6.07) is 10.3. The molecule has 0 bridgehead atoms. The molecular weight excluding hydrogens is 389 g/mol. The minimum Gasteiger partial charge on any atom is -0.497 e. The van der Waals surface area contributed by atoms with E-state index in [0.717, 1.165) is 22.3 Å². The van der Waals surface area contributed by atoms with Gasteiger partial charge in [0, 0.05) is 35.1 Å². The quantitative estimate of drug-likeness (QED) is 0.546. The molecule has 0 atom stereocenters. The van der Waals surface area contributed by atoms with Crippen LogP contribution in [-0.4, -0.2) is 24.9 Å². The molecule has 6 nitrogen and oxygen atoms in total. The molecule has 0 fully saturated rings. The highest BCUT2D eigenvalue weighted by atomic mass is 32.2. The molecule has 2 heterocycles. The van der Waals surface area contributed by atoms with Gasteiger partial charge in [-0.1, -0.05) is 12.1 Å². The van der Waals surface area contributed by atoms with Gasteiger partial charge in [-0.2, -0.15) is 0 Å². The van der Waals surface area contributed by atoms with E-state index in [1.165, 1.54) is 30.6 Å². The first-order valence-electron chi connectivity index (χ1n) is 7.85. The number of hydrogen-bond donors (Lipinski definition) is 1. The molecule has 0 saturated heterocycles. The Morgan fingerprint density at radius 2 is 1.96 bits per heavy atom. The van der Waals surface area contributed by atoms with Gasteiger partial charge in [-0.3, -0.25) is 9.12 Å². The third-order valence-corrected chi connectivity index (χ3v) is 6.14. The summed E-state index contributed by atoms with van der Waals surface area (Å²) in [6.45, 7) is 0. The summed E-state index contributed by atoms with van der Waals surface area (Å²) in [7, 11) is -2.68. The number of nitrogens with one attached hydrogen (secondary N) is 1. The lowest BCUT2D eigenvalue weighted by atomic mass is 10.1. The maximum absolute atomic E-state index is 14.1. The number of rotatable bonds is 5. The lowest BCUT2D eigenvalue weighted by Gasteiger charge is -2.10. The van der Waals surface area contributed by atoms with Gasteiger partial charge in [0.1, 0.15) is 16.5 Å². The fraction of sp³-hybridized carbons (Fsp3) is 0.0556. The predicted molar refractivity (Wildman–Crippen MR) is 102 cm³/mol. The van der Waals surface area contributed by atoms with Crippen LogP contribution in [0.1, 0.15) is 0 Å². The maximum atomic E-state index is 14.1. The average Bonchev–Trinajstić information content (AvgIpc) is 3.23. The summed E-state index contributed by atoms with van der Waals surface area (Å²) in [5.74, 6) is -0.632. The molecule has 2 aromatic heterocycles. The van der Waals surface area contributed by atoms with Crippen LogP contribution in [0, 0.1) is 5.82 Å². The highest BCUT2D eigenvalue weighted by molar-refractivity contribution is 7.92. The average molecular weight is 403 g/mol. The highest BCUT2D eigenvalue weighted by Crippen LogP contribution is 2.26. The zero-order valence-electron chi connectivity index (χ0n) is 14.1. The maximum Gasteiger partial charge on any atom is 0.264 e. The van der Waals surface area contributed by atoms with Crippen LogP contribution in [-0.2, 0) is 10.0 Å². The van der Waals surface area contributed by atoms with Crippen molar-refractivity contribution in [2.45, 2.75) is 4.90 Å². The molecule has 0 spiro atoms. The van der Waals surface area contributed by atoms with Gasteiger partial charge in [-0.05, 0) is 24.3 Å². The third kappa shape index (κ3) is 3.38. The number of benzene rings is 2. The molecule has 1 N–H and O–H groups in total. The Kier molecular flexibility index (Phi) is 4.33. The van der Waals surface area contributed by atoms with Crippen LogP contribution < -0.4 is 9.46 Å². The van der Waals surface area contributed by atoms with Crippen molar-refractivity contribution in [3.8, 4) is 17.0 Å². The number of methoxy groups -OCH3 is 1. The van der Waals surface area contributed by atoms with Gasteiger partial charge in [-0.15, -0.1) is 11.3 Å². The highest BCUT2D eigenvalue weighted by Gasteiger charge is 2.20. The number of anilines is 1. The predicted octanol–water partition coefficient (Wildman–Crippen LogP) is 4.01. The first-order chi connectivity index (χ1) is 13.0. The number of hydrogen-bond acceptors (Lipinski definition) is 5. The van der Waals surface area contributed by atoms with Crippen LogP contribution in [0.3, 0.4) is 0 Å². The minimum atomic E-state index is -4.06. The first kappa shape index (κ1) is 17.5. The van der Waals surface area contributed by atoms with Crippen molar-refractivity contribution in [2.75, 3.05) is 11.8 Å². The molecule has 4 aromatic rings. The topological polar surface area (TPSA) is 72.7 Å². The van der Waals surface area contributed by atoms with Crippen LogP contribution in [0.2, 0.25) is 0 Å². The molecule has 4 rings (SSSR count). The van der Waals surface area contributed by atoms with Crippen molar-refractivity contribution in [3.63, 3.8) is 0 Å². The molecule has 138 valence electrons. The van der Waals surface area contributed by atoms with Crippen LogP contribution in [0.15, 0.2) is 65.1 Å². The van der Waals surface area contributed by atoms with Crippen molar-refractivity contribution >= 4 is 32.0 Å². The van der Waals surface area contributed by atoms with E-state index in [9.17, 15) is 12.8 Å². The Balaban J connectivity index is 1.58. The zero-order chi connectivity index (χ0) is 19.0. The standard InChI is InChI=1S/C18H14FN3O3S2/c1-25-14-6-7-17(15(19)10-14)27(23,24)21-13-4-2-12(3-5-13)16-11-22-8-9-26-18(22)20-16/h2-11,21H,1H3. The molecular formula is C18H14FN3O3S2. The molecule has 27 heavy (non-hydrogen) atoms. The number of thiazole rings is 1. The Hall–Kier alpha value is -2.91. The minimum absolute atomic E-state index is 0.246. The molecule has 0 amide bonds. The Labute approximate surface area is 158 Å². The van der Waals surface area contributed by atoms with Gasteiger partial charge < -0.3 is 4.74 Å². The summed E-state index contributed by atoms with van der Waals surface area (Å²) in [5, 5.41) is 1.95. The molecule has 0 aliphatic carbocycles. The van der Waals surface area contributed by atoms with Crippen molar-refractivity contribution in [3.05, 3.63) is 66.1 Å². The summed E-state index contributed by atoms with van der Waals surface area (Å²) in [4.78, 5) is 4.94. The zero-order valence-corrected chi connectivity index (χ0v) is 15.7. The van der Waals surface area contributed by atoms with E-state index in [0.29, 0.717) is 5.69 Å². The summed E-state index contributed by atoms with van der Waals surface area (Å²) in [5.41, 5.74) is 1.97. The van der Waals surface area contributed by atoms with Crippen LogP contribution in [0.5, 0.6) is 5.75 Å². The van der Waals surface area contributed by atoms with Gasteiger partial charge in [-0.25, -0.2) is 17.8 Å². The summed E-state index contributed by atoms with van der Waals surface area (Å²) in [6.07, 6.45) is 3.82. The largest absolute Gasteiger partial charge is 0.497 e. The fourth-order valence-electron chi connectivity index (χ4n) is 2.61. The van der Waals surface area contributed by atoms with Gasteiger partial charge in [0.05, 0.1) is 12.8 Å². The van der Waals surface area contributed by atoms with Crippen molar-refractivity contribution in [1.82, 2.24) is 9.38 Å². The lowest BCUT2D eigenvalue weighted by Crippen LogP contribution is -2.14. The van der Waals surface area contributed by atoms with Gasteiger partial charge in [0.15, 0.2) is 4.96 Å². The number of nitrogens with zero attached hydrogens (tertiary/aromatic N) is 2. The number of imidazole rings is 1. The molecule has 0 aliphatic rings. The molecule has 9 heteroatoms. The second kappa shape index (κ2) is 6.67. The molecule has 0 saturated carbocycles. The third-order valence-electron chi connectivity index (χ3n) is 3.95. The number of aromatic nitrogens is 2. The van der Waals surface area contributed by atoms with E-state index >= 15 is 0 Å². The van der Waals surface area contributed by atoms with Crippen molar-refractivity contribution < 1.29 is 17.5 Å². The van der Waals surface area contributed by atoms with E-state index in [2.05, 4.69) is 9.71 Å². The van der Waals surface area contributed by atoms with Gasteiger partial charge in [0.25, 0.3) is 10.0 Å². The smallest absolute Gasteiger partial charge is 0.264 e. The first-order valence-corrected chi connectivity index (χ1v) is 10.2.